The van der Waals surface area contributed by atoms with Gasteiger partial charge >= 0.3 is 0 Å². The first-order valence-electron chi connectivity index (χ1n) is 10.2. The standard InChI is InChI=1S/C21H26N4O3/c22-8-14-6-16-7-15(14)10-24(16)9-12-2-1-3-13-11-25(21(28)19(12)13)17-4-5-18(26)23-20(17)27/h1-3,14-17H,4-11,22H2,(H,23,26,27)/t14-,15-,16+,17?/m0/s1. The van der Waals surface area contributed by atoms with Gasteiger partial charge in [0.05, 0.1) is 0 Å². The van der Waals surface area contributed by atoms with Gasteiger partial charge < -0.3 is 10.6 Å². The van der Waals surface area contributed by atoms with Gasteiger partial charge in [0.25, 0.3) is 5.91 Å². The van der Waals surface area contributed by atoms with Crippen LogP contribution < -0.4 is 11.1 Å². The highest BCUT2D eigenvalue weighted by atomic mass is 16.2. The first-order valence-corrected chi connectivity index (χ1v) is 10.2. The molecule has 5 rings (SSSR count). The lowest BCUT2D eigenvalue weighted by Crippen LogP contribution is -2.52. The zero-order chi connectivity index (χ0) is 19.4. The summed E-state index contributed by atoms with van der Waals surface area (Å²) in [5.41, 5.74) is 8.68. The van der Waals surface area contributed by atoms with Crippen molar-refractivity contribution < 1.29 is 14.4 Å². The molecule has 7 heteroatoms. The first-order chi connectivity index (χ1) is 13.5. The van der Waals surface area contributed by atoms with Crippen LogP contribution >= 0.6 is 0 Å². The van der Waals surface area contributed by atoms with Crippen LogP contribution in [0.5, 0.6) is 0 Å². The van der Waals surface area contributed by atoms with Crippen molar-refractivity contribution in [1.29, 1.82) is 0 Å². The van der Waals surface area contributed by atoms with Gasteiger partial charge in [0, 0.05) is 37.7 Å². The molecule has 3 heterocycles. The number of carbonyl (C=O) groups excluding carboxylic acids is 3. The quantitative estimate of drug-likeness (QED) is 0.744. The third-order valence-electron chi connectivity index (χ3n) is 7.12. The number of rotatable bonds is 4. The number of likely N-dealkylation sites (tertiary alicyclic amines) is 1. The number of benzene rings is 1. The lowest BCUT2D eigenvalue weighted by atomic mass is 9.94. The number of nitrogens with one attached hydrogen (secondary N) is 1. The number of fused-ring (bicyclic) bond motifs is 3. The van der Waals surface area contributed by atoms with Crippen molar-refractivity contribution in [2.24, 2.45) is 17.6 Å². The second kappa shape index (κ2) is 6.67. The van der Waals surface area contributed by atoms with Crippen LogP contribution in [-0.2, 0) is 22.7 Å². The summed E-state index contributed by atoms with van der Waals surface area (Å²) in [5.74, 6) is 0.633. The van der Waals surface area contributed by atoms with Crippen molar-refractivity contribution in [2.45, 2.75) is 50.9 Å². The van der Waals surface area contributed by atoms with E-state index in [9.17, 15) is 14.4 Å². The molecule has 1 saturated carbocycles. The molecule has 3 N–H and O–H groups in total. The maximum absolute atomic E-state index is 13.2. The minimum atomic E-state index is -0.557. The predicted molar refractivity (Wildman–Crippen MR) is 102 cm³/mol. The molecule has 3 aliphatic heterocycles. The molecule has 28 heavy (non-hydrogen) atoms. The molecule has 2 bridgehead atoms. The fourth-order valence-corrected chi connectivity index (χ4v) is 5.67. The van der Waals surface area contributed by atoms with E-state index >= 15 is 0 Å². The van der Waals surface area contributed by atoms with Gasteiger partial charge in [0.2, 0.25) is 11.8 Å². The highest BCUT2D eigenvalue weighted by Gasteiger charge is 2.45. The smallest absolute Gasteiger partial charge is 0.255 e. The second-order valence-electron chi connectivity index (χ2n) is 8.66. The number of hydrogen-bond acceptors (Lipinski definition) is 5. The Morgan fingerprint density at radius 3 is 2.75 bits per heavy atom. The predicted octanol–water partition coefficient (Wildman–Crippen LogP) is 0.617. The molecule has 4 aliphatic rings. The molecule has 1 aromatic rings. The molecule has 2 saturated heterocycles. The summed E-state index contributed by atoms with van der Waals surface area (Å²) in [6.45, 7) is 3.04. The number of piperidine rings is 2. The summed E-state index contributed by atoms with van der Waals surface area (Å²) >= 11 is 0. The van der Waals surface area contributed by atoms with E-state index in [2.05, 4.69) is 10.2 Å². The fraction of sp³-hybridized carbons (Fsp3) is 0.571. The average Bonchev–Trinajstić information content (AvgIpc) is 3.35. The maximum Gasteiger partial charge on any atom is 0.255 e. The molecular formula is C21H26N4O3. The molecule has 0 aromatic heterocycles. The summed E-state index contributed by atoms with van der Waals surface area (Å²) in [4.78, 5) is 41.0. The largest absolute Gasteiger partial charge is 0.330 e. The van der Waals surface area contributed by atoms with E-state index in [0.29, 0.717) is 30.8 Å². The monoisotopic (exact) mass is 382 g/mol. The van der Waals surface area contributed by atoms with Crippen molar-refractivity contribution in [3.8, 4) is 0 Å². The van der Waals surface area contributed by atoms with Crippen molar-refractivity contribution in [2.75, 3.05) is 13.1 Å². The number of nitrogens with two attached hydrogens (primary N) is 1. The fourth-order valence-electron chi connectivity index (χ4n) is 5.67. The highest BCUT2D eigenvalue weighted by Crippen LogP contribution is 2.42. The summed E-state index contributed by atoms with van der Waals surface area (Å²) in [7, 11) is 0. The number of carbonyl (C=O) groups is 3. The van der Waals surface area contributed by atoms with Gasteiger partial charge in [-0.2, -0.15) is 0 Å². The van der Waals surface area contributed by atoms with E-state index in [-0.39, 0.29) is 24.1 Å². The van der Waals surface area contributed by atoms with Crippen molar-refractivity contribution in [3.05, 3.63) is 34.9 Å². The van der Waals surface area contributed by atoms with Gasteiger partial charge in [-0.25, -0.2) is 0 Å². The van der Waals surface area contributed by atoms with Gasteiger partial charge in [-0.3, -0.25) is 24.6 Å². The number of amides is 3. The molecule has 0 radical (unpaired) electrons. The number of nitrogens with zero attached hydrogens (tertiary/aromatic N) is 2. The normalized spacial score (nSPS) is 32.2. The van der Waals surface area contributed by atoms with Gasteiger partial charge in [-0.15, -0.1) is 0 Å². The molecule has 4 atom stereocenters. The Morgan fingerprint density at radius 2 is 2.04 bits per heavy atom. The molecular weight excluding hydrogens is 356 g/mol. The van der Waals surface area contributed by atoms with E-state index < -0.39 is 6.04 Å². The van der Waals surface area contributed by atoms with Gasteiger partial charge in [-0.1, -0.05) is 18.2 Å². The van der Waals surface area contributed by atoms with Crippen LogP contribution in [0.1, 0.15) is 47.2 Å². The van der Waals surface area contributed by atoms with Crippen LogP contribution in [0.2, 0.25) is 0 Å². The third kappa shape index (κ3) is 2.76. The maximum atomic E-state index is 13.2. The number of imide groups is 1. The molecule has 1 aliphatic carbocycles. The SMILES string of the molecule is NC[C@@H]1C[C@@H]2C[C@H]1CN2Cc1cccc2c1C(=O)N(C1CCC(=O)NC1=O)C2. The minimum Gasteiger partial charge on any atom is -0.330 e. The van der Waals surface area contributed by atoms with Gasteiger partial charge in [0.1, 0.15) is 6.04 Å². The van der Waals surface area contributed by atoms with Gasteiger partial charge in [-0.05, 0) is 48.8 Å². The van der Waals surface area contributed by atoms with E-state index in [1.54, 1.807) is 4.90 Å². The van der Waals surface area contributed by atoms with Crippen LogP contribution in [0.15, 0.2) is 18.2 Å². The Hall–Kier alpha value is -2.25. The molecule has 1 unspecified atom stereocenters. The first kappa shape index (κ1) is 17.8. The molecule has 0 spiro atoms. The van der Waals surface area contributed by atoms with Crippen LogP contribution in [0.3, 0.4) is 0 Å². The van der Waals surface area contributed by atoms with Crippen LogP contribution in [0, 0.1) is 11.8 Å². The van der Waals surface area contributed by atoms with Crippen molar-refractivity contribution in [1.82, 2.24) is 15.1 Å². The van der Waals surface area contributed by atoms with Crippen LogP contribution in [-0.4, -0.2) is 52.7 Å². The van der Waals surface area contributed by atoms with E-state index in [0.717, 1.165) is 42.7 Å². The van der Waals surface area contributed by atoms with Gasteiger partial charge in [0.15, 0.2) is 0 Å². The van der Waals surface area contributed by atoms with Crippen LogP contribution in [0.4, 0.5) is 0 Å². The Kier molecular flexibility index (Phi) is 4.25. The molecule has 1 aromatic carbocycles. The van der Waals surface area contributed by atoms with E-state index in [1.807, 2.05) is 18.2 Å². The van der Waals surface area contributed by atoms with Crippen LogP contribution in [0.25, 0.3) is 0 Å². The highest BCUT2D eigenvalue weighted by molar-refractivity contribution is 6.05. The molecule has 7 nitrogen and oxygen atoms in total. The summed E-state index contributed by atoms with van der Waals surface area (Å²) in [5, 5.41) is 2.36. The second-order valence-corrected chi connectivity index (χ2v) is 8.66. The Morgan fingerprint density at radius 1 is 1.18 bits per heavy atom. The Bertz CT molecular complexity index is 854. The minimum absolute atomic E-state index is 0.0794. The number of hydrogen-bond donors (Lipinski definition) is 2. The van der Waals surface area contributed by atoms with E-state index in [4.69, 9.17) is 5.73 Å². The lowest BCUT2D eigenvalue weighted by Gasteiger charge is -2.31. The lowest BCUT2D eigenvalue weighted by molar-refractivity contribution is -0.136. The topological polar surface area (TPSA) is 95.7 Å². The summed E-state index contributed by atoms with van der Waals surface area (Å²) in [6, 6.07) is 6.03. The molecule has 3 amide bonds. The zero-order valence-electron chi connectivity index (χ0n) is 15.9. The Balaban J connectivity index is 1.35. The zero-order valence-corrected chi connectivity index (χ0v) is 15.9. The summed E-state index contributed by atoms with van der Waals surface area (Å²) < 4.78 is 0. The summed E-state index contributed by atoms with van der Waals surface area (Å²) in [6.07, 6.45) is 3.05. The Labute approximate surface area is 164 Å². The molecule has 3 fully saturated rings. The van der Waals surface area contributed by atoms with Crippen molar-refractivity contribution in [3.63, 3.8) is 0 Å². The molecule has 148 valence electrons. The third-order valence-corrected chi connectivity index (χ3v) is 7.12. The average molecular weight is 382 g/mol. The van der Waals surface area contributed by atoms with E-state index in [1.165, 1.54) is 6.42 Å². The van der Waals surface area contributed by atoms with Crippen molar-refractivity contribution >= 4 is 17.7 Å².